The van der Waals surface area contributed by atoms with E-state index in [1.807, 2.05) is 19.1 Å². The lowest BCUT2D eigenvalue weighted by atomic mass is 9.98. The maximum Gasteiger partial charge on any atom is 0.137 e. The second kappa shape index (κ2) is 7.15. The molecule has 1 atom stereocenters. The van der Waals surface area contributed by atoms with Crippen LogP contribution in [0.15, 0.2) is 36.7 Å². The summed E-state index contributed by atoms with van der Waals surface area (Å²) in [5.41, 5.74) is 4.49. The van der Waals surface area contributed by atoms with Crippen molar-refractivity contribution in [3.63, 3.8) is 0 Å². The fraction of sp³-hybridized carbons (Fsp3) is 0.312. The Balaban J connectivity index is 2.35. The normalized spacial score (nSPS) is 12.2. The van der Waals surface area contributed by atoms with Gasteiger partial charge in [-0.1, -0.05) is 25.1 Å². The van der Waals surface area contributed by atoms with E-state index in [-0.39, 0.29) is 5.82 Å². The third kappa shape index (κ3) is 3.56. The molecule has 0 amide bonds. The lowest BCUT2D eigenvalue weighted by molar-refractivity contribution is 0.315. The number of benzene rings is 1. The summed E-state index contributed by atoms with van der Waals surface area (Å²) < 4.78 is 19.8. The van der Waals surface area contributed by atoms with Crippen LogP contribution in [0.2, 0.25) is 0 Å². The molecule has 0 bridgehead atoms. The summed E-state index contributed by atoms with van der Waals surface area (Å²) in [5, 5.41) is 0. The zero-order valence-electron chi connectivity index (χ0n) is 12.3. The smallest absolute Gasteiger partial charge is 0.137 e. The van der Waals surface area contributed by atoms with Crippen molar-refractivity contribution in [2.45, 2.75) is 26.3 Å². The van der Waals surface area contributed by atoms with Gasteiger partial charge >= 0.3 is 0 Å². The molecule has 3 N–H and O–H groups in total. The van der Waals surface area contributed by atoms with Crippen LogP contribution in [0.1, 0.15) is 36.1 Å². The molecule has 1 heterocycles. The molecule has 0 aliphatic carbocycles. The number of nitrogens with two attached hydrogens (primary N) is 1. The molecule has 0 spiro atoms. The summed E-state index contributed by atoms with van der Waals surface area (Å²) in [5.74, 6) is 6.01. The molecule has 112 valence electrons. The highest BCUT2D eigenvalue weighted by atomic mass is 19.1. The van der Waals surface area contributed by atoms with Gasteiger partial charge < -0.3 is 4.74 Å². The van der Waals surface area contributed by atoms with Crippen molar-refractivity contribution >= 4 is 0 Å². The van der Waals surface area contributed by atoms with Gasteiger partial charge in [0, 0.05) is 11.8 Å². The molecule has 2 rings (SSSR count). The Morgan fingerprint density at radius 3 is 2.90 bits per heavy atom. The molecular weight excluding hydrogens is 269 g/mol. The van der Waals surface area contributed by atoms with E-state index in [0.29, 0.717) is 23.5 Å². The van der Waals surface area contributed by atoms with E-state index < -0.39 is 6.04 Å². The van der Waals surface area contributed by atoms with Crippen LogP contribution in [-0.2, 0) is 0 Å². The number of hydrazine groups is 1. The Morgan fingerprint density at radius 2 is 2.19 bits per heavy atom. The summed E-state index contributed by atoms with van der Waals surface area (Å²) in [6, 6.07) is 6.61. The average molecular weight is 289 g/mol. The number of aryl methyl sites for hydroxylation is 1. The Kier molecular flexibility index (Phi) is 5.25. The van der Waals surface area contributed by atoms with E-state index >= 15 is 0 Å². The zero-order chi connectivity index (χ0) is 15.2. The molecule has 0 aliphatic heterocycles. The van der Waals surface area contributed by atoms with Gasteiger partial charge in [-0.05, 0) is 30.5 Å². The van der Waals surface area contributed by atoms with Crippen molar-refractivity contribution in [1.82, 2.24) is 10.4 Å². The quantitative estimate of drug-likeness (QED) is 0.634. The van der Waals surface area contributed by atoms with Crippen LogP contribution in [0.25, 0.3) is 0 Å². The standard InChI is InChI=1S/C16H20FN3O/c1-3-7-21-13-8-12(9-19-10-13)16(20-18)14-6-4-5-11(2)15(14)17/h4-6,8-10,16,20H,3,7,18H2,1-2H3. The van der Waals surface area contributed by atoms with Gasteiger partial charge in [-0.15, -0.1) is 0 Å². The minimum atomic E-state index is -0.470. The number of halogens is 1. The van der Waals surface area contributed by atoms with Gasteiger partial charge in [-0.3, -0.25) is 10.8 Å². The van der Waals surface area contributed by atoms with E-state index in [0.717, 1.165) is 12.0 Å². The van der Waals surface area contributed by atoms with E-state index in [2.05, 4.69) is 10.4 Å². The van der Waals surface area contributed by atoms with Crippen LogP contribution in [0.5, 0.6) is 5.75 Å². The SMILES string of the molecule is CCCOc1cncc(C(NN)c2cccc(C)c2F)c1. The molecule has 5 heteroatoms. The van der Waals surface area contributed by atoms with Crippen molar-refractivity contribution < 1.29 is 9.13 Å². The molecule has 2 aromatic rings. The van der Waals surface area contributed by atoms with Gasteiger partial charge in [-0.2, -0.15) is 0 Å². The molecule has 0 radical (unpaired) electrons. The number of rotatable bonds is 6. The van der Waals surface area contributed by atoms with Crippen LogP contribution in [-0.4, -0.2) is 11.6 Å². The Bertz CT molecular complexity index is 604. The maximum absolute atomic E-state index is 14.3. The number of nitrogens with one attached hydrogen (secondary N) is 1. The molecule has 0 fully saturated rings. The van der Waals surface area contributed by atoms with Gasteiger partial charge in [0.05, 0.1) is 18.8 Å². The van der Waals surface area contributed by atoms with E-state index in [1.165, 1.54) is 0 Å². The van der Waals surface area contributed by atoms with Crippen molar-refractivity contribution in [1.29, 1.82) is 0 Å². The second-order valence-corrected chi connectivity index (χ2v) is 4.88. The third-order valence-corrected chi connectivity index (χ3v) is 3.24. The molecule has 4 nitrogen and oxygen atoms in total. The predicted octanol–water partition coefficient (Wildman–Crippen LogP) is 2.87. The molecule has 1 unspecified atom stereocenters. The Hall–Kier alpha value is -1.98. The Morgan fingerprint density at radius 1 is 1.38 bits per heavy atom. The highest BCUT2D eigenvalue weighted by Gasteiger charge is 2.18. The number of hydrogen-bond acceptors (Lipinski definition) is 4. The monoisotopic (exact) mass is 289 g/mol. The van der Waals surface area contributed by atoms with Crippen LogP contribution in [0.3, 0.4) is 0 Å². The molecule has 0 saturated carbocycles. The van der Waals surface area contributed by atoms with Crippen molar-refractivity contribution in [3.05, 3.63) is 59.2 Å². The number of pyridine rings is 1. The summed E-state index contributed by atoms with van der Waals surface area (Å²) in [7, 11) is 0. The summed E-state index contributed by atoms with van der Waals surface area (Å²) in [6.45, 7) is 4.37. The number of nitrogens with zero attached hydrogens (tertiary/aromatic N) is 1. The number of ether oxygens (including phenoxy) is 1. The lowest BCUT2D eigenvalue weighted by Crippen LogP contribution is -2.29. The molecule has 0 saturated heterocycles. The highest BCUT2D eigenvalue weighted by Crippen LogP contribution is 2.27. The van der Waals surface area contributed by atoms with Gasteiger partial charge in [0.25, 0.3) is 0 Å². The van der Waals surface area contributed by atoms with Crippen LogP contribution < -0.4 is 16.0 Å². The van der Waals surface area contributed by atoms with Gasteiger partial charge in [0.2, 0.25) is 0 Å². The van der Waals surface area contributed by atoms with Crippen LogP contribution in [0.4, 0.5) is 4.39 Å². The first-order chi connectivity index (χ1) is 10.2. The summed E-state index contributed by atoms with van der Waals surface area (Å²) in [4.78, 5) is 4.14. The largest absolute Gasteiger partial charge is 0.492 e. The molecule has 0 aliphatic rings. The van der Waals surface area contributed by atoms with Gasteiger partial charge in [-0.25, -0.2) is 9.82 Å². The number of hydrogen-bond donors (Lipinski definition) is 2. The lowest BCUT2D eigenvalue weighted by Gasteiger charge is -2.18. The van der Waals surface area contributed by atoms with Gasteiger partial charge in [0.15, 0.2) is 0 Å². The summed E-state index contributed by atoms with van der Waals surface area (Å²) in [6.07, 6.45) is 4.21. The molecular formula is C16H20FN3O. The van der Waals surface area contributed by atoms with E-state index in [1.54, 1.807) is 31.5 Å². The van der Waals surface area contributed by atoms with Gasteiger partial charge in [0.1, 0.15) is 11.6 Å². The highest BCUT2D eigenvalue weighted by molar-refractivity contribution is 5.36. The third-order valence-electron chi connectivity index (χ3n) is 3.24. The fourth-order valence-corrected chi connectivity index (χ4v) is 2.15. The first kappa shape index (κ1) is 15.4. The fourth-order valence-electron chi connectivity index (χ4n) is 2.15. The van der Waals surface area contributed by atoms with Crippen molar-refractivity contribution in [2.75, 3.05) is 6.61 Å². The van der Waals surface area contributed by atoms with E-state index in [9.17, 15) is 4.39 Å². The van der Waals surface area contributed by atoms with Crippen LogP contribution >= 0.6 is 0 Å². The Labute approximate surface area is 124 Å². The first-order valence-electron chi connectivity index (χ1n) is 6.96. The van der Waals surface area contributed by atoms with Crippen molar-refractivity contribution in [2.24, 2.45) is 5.84 Å². The maximum atomic E-state index is 14.3. The molecule has 1 aromatic heterocycles. The minimum Gasteiger partial charge on any atom is -0.492 e. The van der Waals surface area contributed by atoms with E-state index in [4.69, 9.17) is 10.6 Å². The second-order valence-electron chi connectivity index (χ2n) is 4.88. The van der Waals surface area contributed by atoms with Crippen LogP contribution in [0, 0.1) is 12.7 Å². The number of aromatic nitrogens is 1. The van der Waals surface area contributed by atoms with Crippen molar-refractivity contribution in [3.8, 4) is 5.75 Å². The predicted molar refractivity (Wildman–Crippen MR) is 80.3 cm³/mol. The topological polar surface area (TPSA) is 60.2 Å². The molecule has 21 heavy (non-hydrogen) atoms. The average Bonchev–Trinajstić information content (AvgIpc) is 2.50. The zero-order valence-corrected chi connectivity index (χ0v) is 12.3. The minimum absolute atomic E-state index is 0.264. The molecule has 1 aromatic carbocycles. The first-order valence-corrected chi connectivity index (χ1v) is 6.96. The summed E-state index contributed by atoms with van der Waals surface area (Å²) >= 11 is 0.